The lowest BCUT2D eigenvalue weighted by molar-refractivity contribution is -0.384. The van der Waals surface area contributed by atoms with Crippen molar-refractivity contribution < 1.29 is 14.5 Å². The van der Waals surface area contributed by atoms with Gasteiger partial charge in [-0.2, -0.15) is 0 Å². The molecule has 2 aromatic carbocycles. The molecule has 166 valence electrons. The molecular weight excluding hydrogens is 412 g/mol. The number of fused-ring (bicyclic) bond motifs is 1. The highest BCUT2D eigenvalue weighted by atomic mass is 16.6. The number of carbonyl (C=O) groups is 1. The quantitative estimate of drug-likeness (QED) is 0.368. The number of nitro groups is 1. The van der Waals surface area contributed by atoms with Crippen LogP contribution < -0.4 is 10.5 Å². The molecule has 1 fully saturated rings. The highest BCUT2D eigenvalue weighted by molar-refractivity contribution is 5.91. The minimum absolute atomic E-state index is 0.0742. The van der Waals surface area contributed by atoms with Gasteiger partial charge in [0.05, 0.1) is 21.4 Å². The van der Waals surface area contributed by atoms with Crippen molar-refractivity contribution in [1.82, 2.24) is 9.97 Å². The predicted octanol–water partition coefficient (Wildman–Crippen LogP) is 3.73. The Morgan fingerprint density at radius 1 is 1.28 bits per heavy atom. The van der Waals surface area contributed by atoms with Gasteiger partial charge in [-0.25, -0.2) is 9.78 Å². The van der Waals surface area contributed by atoms with E-state index in [0.29, 0.717) is 22.5 Å². The van der Waals surface area contributed by atoms with Gasteiger partial charge >= 0.3 is 5.97 Å². The largest absolute Gasteiger partial charge is 0.454 e. The number of hydrogen-bond donors (Lipinski definition) is 1. The summed E-state index contributed by atoms with van der Waals surface area (Å²) in [6, 6.07) is 9.67. The fraction of sp³-hybridized carbons (Fsp3) is 0.348. The van der Waals surface area contributed by atoms with E-state index >= 15 is 0 Å². The van der Waals surface area contributed by atoms with Crippen molar-refractivity contribution in [1.29, 1.82) is 0 Å². The Bertz CT molecular complexity index is 1240. The number of para-hydroxylation sites is 1. The fourth-order valence-corrected chi connectivity index (χ4v) is 3.95. The second kappa shape index (κ2) is 8.78. The standard InChI is InChI=1S/C23H24N4O5/c1-14-8-10-26(11-9-14)18-7-6-16(12-19(18)27(30)31)23(29)32-13-20-24-21-15(2)4-3-5-17(21)22(28)25-20/h3-7,12,14H,8-11,13H2,1-2H3,(H,24,25,28). The summed E-state index contributed by atoms with van der Waals surface area (Å²) in [6.45, 7) is 5.24. The minimum atomic E-state index is -0.723. The Balaban J connectivity index is 1.53. The number of nitrogens with one attached hydrogen (secondary N) is 1. The highest BCUT2D eigenvalue weighted by Gasteiger charge is 2.25. The second-order valence-electron chi connectivity index (χ2n) is 8.19. The summed E-state index contributed by atoms with van der Waals surface area (Å²) in [5.74, 6) is 0.0802. The van der Waals surface area contributed by atoms with Crippen LogP contribution >= 0.6 is 0 Å². The van der Waals surface area contributed by atoms with Crippen molar-refractivity contribution in [3.8, 4) is 0 Å². The number of nitrogens with zero attached hydrogens (tertiary/aromatic N) is 3. The summed E-state index contributed by atoms with van der Waals surface area (Å²) < 4.78 is 5.28. The van der Waals surface area contributed by atoms with Crippen molar-refractivity contribution in [2.75, 3.05) is 18.0 Å². The molecule has 4 rings (SSSR count). The monoisotopic (exact) mass is 436 g/mol. The molecule has 0 unspecified atom stereocenters. The van der Waals surface area contributed by atoms with Gasteiger partial charge in [-0.3, -0.25) is 14.9 Å². The molecule has 1 aromatic heterocycles. The number of hydrogen-bond acceptors (Lipinski definition) is 7. The van der Waals surface area contributed by atoms with Crippen molar-refractivity contribution in [3.05, 3.63) is 73.8 Å². The number of ether oxygens (including phenoxy) is 1. The second-order valence-corrected chi connectivity index (χ2v) is 8.19. The van der Waals surface area contributed by atoms with E-state index in [9.17, 15) is 19.7 Å². The Labute approximate surface area is 184 Å². The number of aryl methyl sites for hydroxylation is 1. The summed E-state index contributed by atoms with van der Waals surface area (Å²) in [5, 5.41) is 12.1. The van der Waals surface area contributed by atoms with E-state index in [2.05, 4.69) is 16.9 Å². The molecule has 0 bridgehead atoms. The van der Waals surface area contributed by atoms with Crippen LogP contribution in [0, 0.1) is 23.0 Å². The van der Waals surface area contributed by atoms with Crippen molar-refractivity contribution in [3.63, 3.8) is 0 Å². The lowest BCUT2D eigenvalue weighted by Gasteiger charge is -2.31. The van der Waals surface area contributed by atoms with Gasteiger partial charge in [-0.15, -0.1) is 0 Å². The van der Waals surface area contributed by atoms with E-state index in [0.717, 1.165) is 31.5 Å². The molecule has 0 saturated carbocycles. The molecule has 0 amide bonds. The Kier molecular flexibility index (Phi) is 5.89. The van der Waals surface area contributed by atoms with Crippen LogP contribution in [-0.2, 0) is 11.3 Å². The number of aromatic amines is 1. The fourth-order valence-electron chi connectivity index (χ4n) is 3.95. The Hall–Kier alpha value is -3.75. The number of rotatable bonds is 5. The number of H-pyrrole nitrogens is 1. The average Bonchev–Trinajstić information content (AvgIpc) is 2.78. The molecule has 1 saturated heterocycles. The summed E-state index contributed by atoms with van der Waals surface area (Å²) in [4.78, 5) is 45.0. The maximum absolute atomic E-state index is 12.6. The van der Waals surface area contributed by atoms with E-state index < -0.39 is 10.9 Å². The zero-order valence-electron chi connectivity index (χ0n) is 18.0. The van der Waals surface area contributed by atoms with E-state index in [1.807, 2.05) is 17.9 Å². The normalized spacial score (nSPS) is 14.5. The zero-order chi connectivity index (χ0) is 22.8. The van der Waals surface area contributed by atoms with Crippen LogP contribution in [0.25, 0.3) is 10.9 Å². The lowest BCUT2D eigenvalue weighted by atomic mass is 9.98. The number of esters is 1. The van der Waals surface area contributed by atoms with Crippen molar-refractivity contribution >= 4 is 28.2 Å². The predicted molar refractivity (Wildman–Crippen MR) is 120 cm³/mol. The van der Waals surface area contributed by atoms with Crippen LogP contribution in [0.15, 0.2) is 41.2 Å². The van der Waals surface area contributed by atoms with E-state index in [1.54, 1.807) is 18.2 Å². The van der Waals surface area contributed by atoms with Gasteiger partial charge in [0.15, 0.2) is 0 Å². The van der Waals surface area contributed by atoms with Gasteiger partial charge < -0.3 is 14.6 Å². The molecule has 3 aromatic rings. The van der Waals surface area contributed by atoms with Gasteiger partial charge in [-0.05, 0) is 49.4 Å². The zero-order valence-corrected chi connectivity index (χ0v) is 18.0. The maximum Gasteiger partial charge on any atom is 0.338 e. The van der Waals surface area contributed by atoms with Crippen molar-refractivity contribution in [2.45, 2.75) is 33.3 Å². The average molecular weight is 436 g/mol. The van der Waals surface area contributed by atoms with Crippen LogP contribution in [0.5, 0.6) is 0 Å². The number of anilines is 1. The molecule has 0 spiro atoms. The summed E-state index contributed by atoms with van der Waals surface area (Å²) in [5.41, 5.74) is 1.51. The SMILES string of the molecule is Cc1cccc2c(=O)[nH]c(COC(=O)c3ccc(N4CCC(C)CC4)c([N+](=O)[O-])c3)nc12. The van der Waals surface area contributed by atoms with E-state index in [4.69, 9.17) is 4.74 Å². The summed E-state index contributed by atoms with van der Waals surface area (Å²) >= 11 is 0. The molecular formula is C23H24N4O5. The first-order valence-corrected chi connectivity index (χ1v) is 10.5. The highest BCUT2D eigenvalue weighted by Crippen LogP contribution is 2.32. The molecule has 32 heavy (non-hydrogen) atoms. The molecule has 0 atom stereocenters. The van der Waals surface area contributed by atoms with Crippen LogP contribution in [0.2, 0.25) is 0 Å². The third kappa shape index (κ3) is 4.32. The number of benzene rings is 2. The lowest BCUT2D eigenvalue weighted by Crippen LogP contribution is -2.33. The molecule has 1 N–H and O–H groups in total. The Morgan fingerprint density at radius 3 is 2.75 bits per heavy atom. The topological polar surface area (TPSA) is 118 Å². The van der Waals surface area contributed by atoms with Crippen LogP contribution in [-0.4, -0.2) is 34.0 Å². The van der Waals surface area contributed by atoms with E-state index in [1.165, 1.54) is 12.1 Å². The summed E-state index contributed by atoms with van der Waals surface area (Å²) in [6.07, 6.45) is 1.94. The number of piperidine rings is 1. The number of carbonyl (C=O) groups excluding carboxylic acids is 1. The maximum atomic E-state index is 12.6. The minimum Gasteiger partial charge on any atom is -0.454 e. The first-order valence-electron chi connectivity index (χ1n) is 10.5. The first-order chi connectivity index (χ1) is 15.3. The van der Waals surface area contributed by atoms with Gasteiger partial charge in [0.1, 0.15) is 18.1 Å². The summed E-state index contributed by atoms with van der Waals surface area (Å²) in [7, 11) is 0. The molecule has 9 heteroatoms. The van der Waals surface area contributed by atoms with E-state index in [-0.39, 0.29) is 29.2 Å². The van der Waals surface area contributed by atoms with Crippen molar-refractivity contribution in [2.24, 2.45) is 5.92 Å². The van der Waals surface area contributed by atoms with Gasteiger partial charge in [0.25, 0.3) is 11.2 Å². The number of aromatic nitrogens is 2. The Morgan fingerprint density at radius 2 is 2.03 bits per heavy atom. The molecule has 0 aliphatic carbocycles. The third-order valence-corrected chi connectivity index (χ3v) is 5.86. The van der Waals surface area contributed by atoms with Crippen LogP contribution in [0.3, 0.4) is 0 Å². The van der Waals surface area contributed by atoms with Gasteiger partial charge in [0, 0.05) is 19.2 Å². The third-order valence-electron chi connectivity index (χ3n) is 5.86. The van der Waals surface area contributed by atoms with Gasteiger partial charge in [0.2, 0.25) is 0 Å². The molecule has 0 radical (unpaired) electrons. The number of nitro benzene ring substituents is 1. The first kappa shape index (κ1) is 21.5. The molecule has 9 nitrogen and oxygen atoms in total. The van der Waals surface area contributed by atoms with Crippen LogP contribution in [0.1, 0.15) is 41.5 Å². The molecule has 2 heterocycles. The van der Waals surface area contributed by atoms with Gasteiger partial charge in [-0.1, -0.05) is 19.1 Å². The molecule has 1 aliphatic heterocycles. The molecule has 1 aliphatic rings. The van der Waals surface area contributed by atoms with Crippen LogP contribution in [0.4, 0.5) is 11.4 Å². The smallest absolute Gasteiger partial charge is 0.338 e.